The van der Waals surface area contributed by atoms with Gasteiger partial charge in [-0.2, -0.15) is 0 Å². The van der Waals surface area contributed by atoms with E-state index in [9.17, 15) is 9.59 Å². The average molecular weight is 297 g/mol. The number of aromatic nitrogens is 2. The summed E-state index contributed by atoms with van der Waals surface area (Å²) in [6.45, 7) is 4.31. The van der Waals surface area contributed by atoms with Gasteiger partial charge in [-0.15, -0.1) is 11.3 Å². The van der Waals surface area contributed by atoms with E-state index < -0.39 is 0 Å². The van der Waals surface area contributed by atoms with Crippen LogP contribution in [0.4, 0.5) is 0 Å². The molecule has 0 spiro atoms. The maximum atomic E-state index is 12.4. The molecule has 0 atom stereocenters. The molecule has 102 valence electrons. The van der Waals surface area contributed by atoms with Gasteiger partial charge in [0.1, 0.15) is 4.83 Å². The number of H-pyrrole nitrogens is 1. The molecule has 7 heteroatoms. The van der Waals surface area contributed by atoms with E-state index in [1.165, 1.54) is 15.9 Å². The first-order chi connectivity index (χ1) is 8.91. The van der Waals surface area contributed by atoms with Crippen molar-refractivity contribution in [2.24, 2.45) is 5.73 Å². The second-order valence-corrected chi connectivity index (χ2v) is 6.06. The van der Waals surface area contributed by atoms with Crippen LogP contribution in [0.5, 0.6) is 0 Å². The molecule has 0 aliphatic rings. The van der Waals surface area contributed by atoms with Crippen LogP contribution in [0.2, 0.25) is 0 Å². The molecule has 2 aromatic rings. The van der Waals surface area contributed by atoms with Crippen molar-refractivity contribution in [3.8, 4) is 0 Å². The Hall–Kier alpha value is -1.47. The molecule has 3 N–H and O–H groups in total. The lowest BCUT2D eigenvalue weighted by Gasteiger charge is -2.05. The zero-order chi connectivity index (χ0) is 14.2. The Labute approximate surface area is 119 Å². The third-order valence-corrected chi connectivity index (χ3v) is 4.56. The van der Waals surface area contributed by atoms with E-state index >= 15 is 0 Å². The number of rotatable bonds is 4. The Morgan fingerprint density at radius 3 is 2.79 bits per heavy atom. The van der Waals surface area contributed by atoms with Gasteiger partial charge < -0.3 is 10.7 Å². The van der Waals surface area contributed by atoms with Crippen LogP contribution in [0.1, 0.15) is 23.3 Å². The lowest BCUT2D eigenvalue weighted by molar-refractivity contribution is -0.118. The third kappa shape index (κ3) is 2.62. The minimum atomic E-state index is -0.369. The smallest absolute Gasteiger partial charge is 0.263 e. The summed E-state index contributed by atoms with van der Waals surface area (Å²) in [5.74, 6) is -0.369. The Kier molecular flexibility index (Phi) is 3.86. The number of carbonyl (C=O) groups is 1. The molecule has 0 aliphatic carbocycles. The summed E-state index contributed by atoms with van der Waals surface area (Å²) in [6.07, 6.45) is 0.765. The Morgan fingerprint density at radius 1 is 1.47 bits per heavy atom. The van der Waals surface area contributed by atoms with E-state index in [-0.39, 0.29) is 17.9 Å². The van der Waals surface area contributed by atoms with Gasteiger partial charge >= 0.3 is 0 Å². The predicted octanol–water partition coefficient (Wildman–Crippen LogP) is 2.00. The van der Waals surface area contributed by atoms with E-state index in [2.05, 4.69) is 4.98 Å². The largest absolute Gasteiger partial charge is 0.370 e. The van der Waals surface area contributed by atoms with E-state index in [4.69, 9.17) is 18.0 Å². The van der Waals surface area contributed by atoms with E-state index in [1.807, 2.05) is 13.8 Å². The highest BCUT2D eigenvalue weighted by Gasteiger charge is 2.12. The molecule has 0 saturated carbocycles. The molecule has 2 aromatic heterocycles. The second-order valence-electron chi connectivity index (χ2n) is 4.44. The number of carbonyl (C=O) groups excluding carboxylic acids is 1. The van der Waals surface area contributed by atoms with Crippen molar-refractivity contribution in [2.45, 2.75) is 33.2 Å². The molecule has 19 heavy (non-hydrogen) atoms. The Balaban J connectivity index is 2.50. The van der Waals surface area contributed by atoms with Crippen molar-refractivity contribution in [1.82, 2.24) is 9.55 Å². The molecular formula is C12H15N3O2S2. The lowest BCUT2D eigenvalue weighted by atomic mass is 10.2. The van der Waals surface area contributed by atoms with E-state index in [0.717, 1.165) is 15.3 Å². The topological polar surface area (TPSA) is 80.9 Å². The number of nitrogens with two attached hydrogens (primary N) is 1. The number of nitrogens with one attached hydrogen (secondary N) is 1. The minimum absolute atomic E-state index is 0.0925. The SMILES string of the molecule is Cc1sc2[nH]c(=S)n(CCCC(N)=O)c(=O)c2c1C. The molecule has 2 heterocycles. The Morgan fingerprint density at radius 2 is 2.16 bits per heavy atom. The normalized spacial score (nSPS) is 11.1. The van der Waals surface area contributed by atoms with Gasteiger partial charge in [-0.25, -0.2) is 0 Å². The molecular weight excluding hydrogens is 282 g/mol. The highest BCUT2D eigenvalue weighted by Crippen LogP contribution is 2.25. The van der Waals surface area contributed by atoms with Crippen LogP contribution in [0, 0.1) is 18.6 Å². The number of amides is 1. The molecule has 0 unspecified atom stereocenters. The number of fused-ring (bicyclic) bond motifs is 1. The number of hydrogen-bond acceptors (Lipinski definition) is 4. The highest BCUT2D eigenvalue weighted by molar-refractivity contribution is 7.71. The number of primary amides is 1. The first-order valence-corrected chi connectivity index (χ1v) is 7.15. The van der Waals surface area contributed by atoms with Crippen molar-refractivity contribution in [2.75, 3.05) is 0 Å². The summed E-state index contributed by atoms with van der Waals surface area (Å²) in [6, 6.07) is 0. The fourth-order valence-electron chi connectivity index (χ4n) is 1.98. The summed E-state index contributed by atoms with van der Waals surface area (Å²) in [5, 5.41) is 0.690. The quantitative estimate of drug-likeness (QED) is 0.847. The summed E-state index contributed by atoms with van der Waals surface area (Å²) in [4.78, 5) is 28.2. The monoisotopic (exact) mass is 297 g/mol. The van der Waals surface area contributed by atoms with Crippen LogP contribution in [-0.4, -0.2) is 15.5 Å². The van der Waals surface area contributed by atoms with Gasteiger partial charge in [0.15, 0.2) is 4.77 Å². The summed E-state index contributed by atoms with van der Waals surface area (Å²) in [5.41, 5.74) is 5.99. The first kappa shape index (κ1) is 14.0. The highest BCUT2D eigenvalue weighted by atomic mass is 32.1. The predicted molar refractivity (Wildman–Crippen MR) is 79.2 cm³/mol. The first-order valence-electron chi connectivity index (χ1n) is 5.93. The van der Waals surface area contributed by atoms with Crippen molar-refractivity contribution >= 4 is 39.7 Å². The van der Waals surface area contributed by atoms with E-state index in [0.29, 0.717) is 23.1 Å². The lowest BCUT2D eigenvalue weighted by Crippen LogP contribution is -2.23. The van der Waals surface area contributed by atoms with Crippen LogP contribution < -0.4 is 11.3 Å². The maximum absolute atomic E-state index is 12.4. The zero-order valence-electron chi connectivity index (χ0n) is 10.8. The van der Waals surface area contributed by atoms with Gasteiger partial charge in [0.05, 0.1) is 5.39 Å². The number of hydrogen-bond donors (Lipinski definition) is 2. The second kappa shape index (κ2) is 5.26. The standard InChI is InChI=1S/C12H15N3O2S2/c1-6-7(2)19-10-9(6)11(17)15(12(18)14-10)5-3-4-8(13)16/h3-5H2,1-2H3,(H2,13,16)(H,14,18). The molecule has 1 amide bonds. The van der Waals surface area contributed by atoms with Crippen molar-refractivity contribution in [3.63, 3.8) is 0 Å². The molecule has 0 aliphatic heterocycles. The Bertz CT molecular complexity index is 755. The molecule has 0 saturated heterocycles. The number of nitrogens with zero attached hydrogens (tertiary/aromatic N) is 1. The van der Waals surface area contributed by atoms with Gasteiger partial charge in [-0.1, -0.05) is 0 Å². The number of aromatic amines is 1. The number of thiophene rings is 1. The molecule has 0 fully saturated rings. The van der Waals surface area contributed by atoms with Crippen molar-refractivity contribution < 1.29 is 4.79 Å². The van der Waals surface area contributed by atoms with Gasteiger partial charge in [0, 0.05) is 17.8 Å². The van der Waals surface area contributed by atoms with Crippen LogP contribution in [-0.2, 0) is 11.3 Å². The summed E-state index contributed by atoms with van der Waals surface area (Å²) >= 11 is 6.73. The fraction of sp³-hybridized carbons (Fsp3) is 0.417. The minimum Gasteiger partial charge on any atom is -0.370 e. The van der Waals surface area contributed by atoms with Crippen LogP contribution in [0.3, 0.4) is 0 Å². The zero-order valence-corrected chi connectivity index (χ0v) is 12.4. The fourth-order valence-corrected chi connectivity index (χ4v) is 3.37. The van der Waals surface area contributed by atoms with Gasteiger partial charge in [0.25, 0.3) is 5.56 Å². The molecule has 2 rings (SSSR count). The van der Waals surface area contributed by atoms with Crippen molar-refractivity contribution in [3.05, 3.63) is 25.6 Å². The molecule has 0 bridgehead atoms. The van der Waals surface area contributed by atoms with Crippen LogP contribution >= 0.6 is 23.6 Å². The summed E-state index contributed by atoms with van der Waals surface area (Å²) in [7, 11) is 0. The molecule has 0 radical (unpaired) electrons. The molecule has 0 aromatic carbocycles. The summed E-state index contributed by atoms with van der Waals surface area (Å²) < 4.78 is 1.89. The van der Waals surface area contributed by atoms with Gasteiger partial charge in [0.2, 0.25) is 5.91 Å². The average Bonchev–Trinajstić information content (AvgIpc) is 2.59. The van der Waals surface area contributed by atoms with Crippen molar-refractivity contribution in [1.29, 1.82) is 0 Å². The van der Waals surface area contributed by atoms with Gasteiger partial charge in [-0.3, -0.25) is 14.2 Å². The number of aryl methyl sites for hydroxylation is 2. The van der Waals surface area contributed by atoms with Crippen LogP contribution in [0.25, 0.3) is 10.2 Å². The van der Waals surface area contributed by atoms with E-state index in [1.54, 1.807) is 0 Å². The van der Waals surface area contributed by atoms with Gasteiger partial charge in [-0.05, 0) is 38.0 Å². The third-order valence-electron chi connectivity index (χ3n) is 3.11. The van der Waals surface area contributed by atoms with Crippen LogP contribution in [0.15, 0.2) is 4.79 Å². The maximum Gasteiger partial charge on any atom is 0.263 e. The molecule has 5 nitrogen and oxygen atoms in total.